The predicted molar refractivity (Wildman–Crippen MR) is 105 cm³/mol. The molecule has 3 heterocycles. The van der Waals surface area contributed by atoms with E-state index in [1.165, 1.54) is 38.9 Å². The predicted octanol–water partition coefficient (Wildman–Crippen LogP) is 4.03. The summed E-state index contributed by atoms with van der Waals surface area (Å²) in [4.78, 5) is 9.64. The summed E-state index contributed by atoms with van der Waals surface area (Å²) in [6.45, 7) is 6.49. The highest BCUT2D eigenvalue weighted by molar-refractivity contribution is 6.02. The highest BCUT2D eigenvalue weighted by Crippen LogP contribution is 2.36. The third-order valence-corrected chi connectivity index (χ3v) is 5.50. The first-order chi connectivity index (χ1) is 12.5. The van der Waals surface area contributed by atoms with Crippen molar-refractivity contribution in [1.82, 2.24) is 14.5 Å². The first kappa shape index (κ1) is 15.3. The smallest absolute Gasteiger partial charge is 0.287 e. The third kappa shape index (κ3) is 1.99. The molecule has 4 nitrogen and oxygen atoms in total. The van der Waals surface area contributed by atoms with Crippen LogP contribution in [0.5, 0.6) is 0 Å². The molecule has 0 radical (unpaired) electrons. The second kappa shape index (κ2) is 5.24. The van der Waals surface area contributed by atoms with Gasteiger partial charge in [0, 0.05) is 12.6 Å². The Morgan fingerprint density at radius 2 is 1.96 bits per heavy atom. The van der Waals surface area contributed by atoms with Gasteiger partial charge in [-0.3, -0.25) is 0 Å². The van der Waals surface area contributed by atoms with Gasteiger partial charge in [-0.2, -0.15) is 0 Å². The maximum Gasteiger partial charge on any atom is 0.287 e. The molecular formula is C22H21N4+. The van der Waals surface area contributed by atoms with Gasteiger partial charge in [0.05, 0.1) is 23.5 Å². The zero-order chi connectivity index (χ0) is 18.0. The van der Waals surface area contributed by atoms with Gasteiger partial charge in [0.15, 0.2) is 5.52 Å². The quantitative estimate of drug-likeness (QED) is 0.490. The molecule has 0 unspecified atom stereocenters. The number of allylic oxidation sites excluding steroid dienone is 1. The van der Waals surface area contributed by atoms with E-state index in [-0.39, 0.29) is 0 Å². The number of benzene rings is 2. The number of imidazole rings is 1. The van der Waals surface area contributed by atoms with Crippen molar-refractivity contribution in [1.29, 1.82) is 0 Å². The summed E-state index contributed by atoms with van der Waals surface area (Å²) in [5, 5.41) is 1.17. The summed E-state index contributed by atoms with van der Waals surface area (Å²) < 4.78 is 4.35. The van der Waals surface area contributed by atoms with E-state index in [2.05, 4.69) is 78.5 Å². The van der Waals surface area contributed by atoms with E-state index in [1.54, 1.807) is 0 Å². The van der Waals surface area contributed by atoms with Crippen molar-refractivity contribution >= 4 is 28.1 Å². The third-order valence-electron chi connectivity index (χ3n) is 5.50. The van der Waals surface area contributed by atoms with Crippen LogP contribution in [0.3, 0.4) is 0 Å². The molecule has 0 spiro atoms. The first-order valence-electron chi connectivity index (χ1n) is 8.97. The molecule has 4 heteroatoms. The molecule has 4 aromatic rings. The fourth-order valence-corrected chi connectivity index (χ4v) is 4.02. The Kier molecular flexibility index (Phi) is 3.08. The lowest BCUT2D eigenvalue weighted by molar-refractivity contribution is -0.662. The van der Waals surface area contributed by atoms with Gasteiger partial charge in [-0.25, -0.2) is 9.55 Å². The Hall–Kier alpha value is -3.01. The fourth-order valence-electron chi connectivity index (χ4n) is 4.02. The summed E-state index contributed by atoms with van der Waals surface area (Å²) >= 11 is 0. The van der Waals surface area contributed by atoms with E-state index < -0.39 is 0 Å². The highest BCUT2D eigenvalue weighted by Gasteiger charge is 2.24. The Balaban J connectivity index is 1.97. The Morgan fingerprint density at radius 3 is 2.81 bits per heavy atom. The monoisotopic (exact) mass is 341 g/mol. The Bertz CT molecular complexity index is 1240. The van der Waals surface area contributed by atoms with Crippen molar-refractivity contribution in [3.63, 3.8) is 0 Å². The van der Waals surface area contributed by atoms with Crippen LogP contribution in [0.1, 0.15) is 22.5 Å². The van der Waals surface area contributed by atoms with Crippen LogP contribution in [0.4, 0.5) is 0 Å². The fraction of sp³-hybridized carbons (Fsp3) is 0.227. The van der Waals surface area contributed by atoms with Crippen LogP contribution in [0.15, 0.2) is 36.7 Å². The van der Waals surface area contributed by atoms with Crippen molar-refractivity contribution in [3.05, 3.63) is 59.2 Å². The molecule has 2 aromatic carbocycles. The van der Waals surface area contributed by atoms with E-state index >= 15 is 0 Å². The van der Waals surface area contributed by atoms with Crippen LogP contribution < -0.4 is 4.57 Å². The van der Waals surface area contributed by atoms with Gasteiger partial charge in [-0.1, -0.05) is 12.1 Å². The van der Waals surface area contributed by atoms with Crippen molar-refractivity contribution < 1.29 is 4.57 Å². The topological polar surface area (TPSA) is 34.6 Å². The summed E-state index contributed by atoms with van der Waals surface area (Å²) in [6.07, 6.45) is 7.11. The van der Waals surface area contributed by atoms with Crippen LogP contribution >= 0.6 is 0 Å². The van der Waals surface area contributed by atoms with E-state index in [1.807, 2.05) is 6.33 Å². The van der Waals surface area contributed by atoms with Gasteiger partial charge in [-0.15, -0.1) is 0 Å². The van der Waals surface area contributed by atoms with Gasteiger partial charge in [0.25, 0.3) is 6.33 Å². The Labute approximate surface area is 152 Å². The zero-order valence-corrected chi connectivity index (χ0v) is 15.5. The van der Waals surface area contributed by atoms with Crippen molar-refractivity contribution in [3.8, 4) is 11.3 Å². The van der Waals surface area contributed by atoms with Crippen LogP contribution in [0.25, 0.3) is 39.4 Å². The molecule has 128 valence electrons. The summed E-state index contributed by atoms with van der Waals surface area (Å²) in [5.41, 5.74) is 9.48. The van der Waals surface area contributed by atoms with E-state index in [4.69, 9.17) is 4.98 Å². The minimum absolute atomic E-state index is 0.897. The molecule has 0 saturated carbocycles. The maximum atomic E-state index is 5.00. The molecule has 26 heavy (non-hydrogen) atoms. The molecule has 1 aliphatic heterocycles. The van der Waals surface area contributed by atoms with Gasteiger partial charge in [0.1, 0.15) is 17.0 Å². The minimum atomic E-state index is 0.897. The average molecular weight is 341 g/mol. The van der Waals surface area contributed by atoms with Gasteiger partial charge in [-0.05, 0) is 60.6 Å². The highest BCUT2D eigenvalue weighted by atomic mass is 15.1. The molecule has 5 rings (SSSR count). The maximum absolute atomic E-state index is 5.00. The summed E-state index contributed by atoms with van der Waals surface area (Å²) in [6, 6.07) is 8.75. The lowest BCUT2D eigenvalue weighted by Gasteiger charge is -2.12. The second-order valence-corrected chi connectivity index (χ2v) is 7.27. The molecule has 0 aliphatic carbocycles. The lowest BCUT2D eigenvalue weighted by Crippen LogP contribution is -2.32. The van der Waals surface area contributed by atoms with Crippen LogP contribution in [-0.4, -0.2) is 14.5 Å². The van der Waals surface area contributed by atoms with Crippen molar-refractivity contribution in [2.24, 2.45) is 7.05 Å². The van der Waals surface area contributed by atoms with Gasteiger partial charge in [0.2, 0.25) is 0 Å². The number of aryl methyl sites for hydroxylation is 3. The molecule has 0 atom stereocenters. The Morgan fingerprint density at radius 1 is 1.12 bits per heavy atom. The summed E-state index contributed by atoms with van der Waals surface area (Å²) in [7, 11) is 2.07. The molecule has 0 fully saturated rings. The molecule has 0 bridgehead atoms. The van der Waals surface area contributed by atoms with Crippen LogP contribution in [0.2, 0.25) is 0 Å². The number of nitrogens with zero attached hydrogens (tertiary/aromatic N) is 4. The number of aromatic nitrogens is 4. The number of hydrogen-bond acceptors (Lipinski definition) is 2. The standard InChI is InChI=1S/C22H21N4/c1-13-7-8-16-17(10-13)23-12-25(4)22(16)20-15(3)14(2)11-18-21(20)24-19-6-5-9-26(18)19/h5,7-12H,6H2,1-4H3/q+1. The first-order valence-corrected chi connectivity index (χ1v) is 8.97. The molecule has 0 amide bonds. The number of rotatable bonds is 1. The summed E-state index contributed by atoms with van der Waals surface area (Å²) in [5.74, 6) is 1.11. The van der Waals surface area contributed by atoms with Crippen LogP contribution in [0, 0.1) is 20.8 Å². The van der Waals surface area contributed by atoms with Crippen molar-refractivity contribution in [2.45, 2.75) is 27.2 Å². The molecule has 1 aliphatic rings. The minimum Gasteiger partial charge on any atom is -0.303 e. The van der Waals surface area contributed by atoms with Crippen molar-refractivity contribution in [2.75, 3.05) is 0 Å². The van der Waals surface area contributed by atoms with E-state index in [0.717, 1.165) is 23.3 Å². The SMILES string of the molecule is Cc1ccc2c(-c3c(C)c(C)cc4c3nc3n4C=CC3)[n+](C)cnc2c1. The normalized spacial score (nSPS) is 13.1. The number of hydrogen-bond donors (Lipinski definition) is 0. The lowest BCUT2D eigenvalue weighted by atomic mass is 9.95. The van der Waals surface area contributed by atoms with E-state index in [0.29, 0.717) is 0 Å². The van der Waals surface area contributed by atoms with Gasteiger partial charge < -0.3 is 4.57 Å². The molecule has 0 N–H and O–H groups in total. The largest absolute Gasteiger partial charge is 0.303 e. The van der Waals surface area contributed by atoms with E-state index in [9.17, 15) is 0 Å². The number of fused-ring (bicyclic) bond motifs is 4. The molecular weight excluding hydrogens is 320 g/mol. The molecule has 2 aromatic heterocycles. The van der Waals surface area contributed by atoms with Crippen LogP contribution in [-0.2, 0) is 13.5 Å². The second-order valence-electron chi connectivity index (χ2n) is 7.27. The zero-order valence-electron chi connectivity index (χ0n) is 15.5. The molecule has 0 saturated heterocycles. The van der Waals surface area contributed by atoms with Gasteiger partial charge >= 0.3 is 0 Å². The average Bonchev–Trinajstić information content (AvgIpc) is 3.19.